The zero-order valence-electron chi connectivity index (χ0n) is 18.9. The molecule has 34 heavy (non-hydrogen) atoms. The van der Waals surface area contributed by atoms with Gasteiger partial charge in [0.2, 0.25) is 21.8 Å². The largest absolute Gasteiger partial charge is 0.351 e. The summed E-state index contributed by atoms with van der Waals surface area (Å²) < 4.78 is 29.1. The predicted octanol–water partition coefficient (Wildman–Crippen LogP) is 2.80. The molecule has 0 radical (unpaired) electrons. The van der Waals surface area contributed by atoms with E-state index in [1.54, 1.807) is 17.0 Å². The topological polar surface area (TPSA) is 95.6 Å². The molecule has 0 saturated heterocycles. The Bertz CT molecular complexity index is 1280. The first-order chi connectivity index (χ1) is 16.3. The van der Waals surface area contributed by atoms with Crippen LogP contribution in [0.3, 0.4) is 0 Å². The van der Waals surface area contributed by atoms with Gasteiger partial charge in [0.15, 0.2) is 0 Å². The number of carbonyl (C=O) groups is 2. The Morgan fingerprint density at radius 3 is 2.24 bits per heavy atom. The highest BCUT2D eigenvalue weighted by molar-refractivity contribution is 7.89. The lowest BCUT2D eigenvalue weighted by atomic mass is 10.1. The molecular formula is C26H27N3O4S. The maximum atomic E-state index is 13.3. The van der Waals surface area contributed by atoms with Crippen LogP contribution < -0.4 is 14.9 Å². The Kier molecular flexibility index (Phi) is 7.09. The van der Waals surface area contributed by atoms with Gasteiger partial charge in [0, 0.05) is 25.7 Å². The number of amides is 2. The summed E-state index contributed by atoms with van der Waals surface area (Å²) in [5, 5.41) is 2.84. The van der Waals surface area contributed by atoms with Gasteiger partial charge in [-0.25, -0.2) is 8.42 Å². The predicted molar refractivity (Wildman–Crippen MR) is 131 cm³/mol. The molecule has 8 heteroatoms. The zero-order valence-corrected chi connectivity index (χ0v) is 19.7. The first-order valence-electron chi connectivity index (χ1n) is 11.1. The fourth-order valence-electron chi connectivity index (χ4n) is 4.07. The molecule has 3 aromatic rings. The number of nitrogens with one attached hydrogen (secondary N) is 2. The van der Waals surface area contributed by atoms with Gasteiger partial charge < -0.3 is 10.2 Å². The molecule has 0 fully saturated rings. The van der Waals surface area contributed by atoms with Crippen LogP contribution in [0.4, 0.5) is 5.69 Å². The summed E-state index contributed by atoms with van der Waals surface area (Å²) in [6.45, 7) is 2.32. The smallest absolute Gasteiger partial charge is 0.241 e. The van der Waals surface area contributed by atoms with Crippen LogP contribution in [0, 0.1) is 0 Å². The lowest BCUT2D eigenvalue weighted by Crippen LogP contribution is -2.47. The molecule has 7 nitrogen and oxygen atoms in total. The normalized spacial score (nSPS) is 13.9. The summed E-state index contributed by atoms with van der Waals surface area (Å²) in [5.41, 5.74) is 3.29. The molecule has 1 aliphatic rings. The van der Waals surface area contributed by atoms with Crippen LogP contribution in [-0.2, 0) is 39.0 Å². The number of rotatable bonds is 8. The Hall–Kier alpha value is -3.49. The molecule has 0 spiro atoms. The van der Waals surface area contributed by atoms with Gasteiger partial charge in [0.1, 0.15) is 6.04 Å². The standard InChI is InChI=1S/C26H27N3O4S/c1-19(30)29-15-14-22-17-23(12-13-25(22)29)34(32,33)28-24(16-20-8-4-2-5-9-20)26(31)27-18-21-10-6-3-7-11-21/h2-13,17,24,28H,14-16,18H2,1H3,(H,27,31)/t24-/m1/s1. The van der Waals surface area contributed by atoms with Crippen LogP contribution in [0.15, 0.2) is 83.8 Å². The van der Waals surface area contributed by atoms with E-state index in [2.05, 4.69) is 10.0 Å². The van der Waals surface area contributed by atoms with Crippen molar-refractivity contribution in [1.82, 2.24) is 10.0 Å². The minimum Gasteiger partial charge on any atom is -0.351 e. The maximum Gasteiger partial charge on any atom is 0.241 e. The van der Waals surface area contributed by atoms with Gasteiger partial charge in [-0.3, -0.25) is 9.59 Å². The van der Waals surface area contributed by atoms with Crippen LogP contribution in [0.1, 0.15) is 23.6 Å². The molecule has 0 unspecified atom stereocenters. The number of anilines is 1. The van der Waals surface area contributed by atoms with Crippen molar-refractivity contribution >= 4 is 27.5 Å². The SMILES string of the molecule is CC(=O)N1CCc2cc(S(=O)(=O)N[C@H](Cc3ccccc3)C(=O)NCc3ccccc3)ccc21. The molecular weight excluding hydrogens is 450 g/mol. The molecule has 0 aromatic heterocycles. The highest BCUT2D eigenvalue weighted by Gasteiger charge is 2.28. The first kappa shape index (κ1) is 23.7. The Morgan fingerprint density at radius 2 is 1.59 bits per heavy atom. The average Bonchev–Trinajstić information content (AvgIpc) is 3.27. The van der Waals surface area contributed by atoms with E-state index in [0.717, 1.165) is 22.4 Å². The van der Waals surface area contributed by atoms with E-state index in [1.165, 1.54) is 13.0 Å². The van der Waals surface area contributed by atoms with Crippen LogP contribution in [0.2, 0.25) is 0 Å². The quantitative estimate of drug-likeness (QED) is 0.522. The molecule has 1 heterocycles. The summed E-state index contributed by atoms with van der Waals surface area (Å²) in [6.07, 6.45) is 0.799. The molecule has 176 valence electrons. The molecule has 3 aromatic carbocycles. The average molecular weight is 478 g/mol. The minimum atomic E-state index is -3.98. The number of sulfonamides is 1. The highest BCUT2D eigenvalue weighted by Crippen LogP contribution is 2.30. The lowest BCUT2D eigenvalue weighted by Gasteiger charge is -2.19. The van der Waals surface area contributed by atoms with Crippen molar-refractivity contribution in [3.63, 3.8) is 0 Å². The summed E-state index contributed by atoms with van der Waals surface area (Å²) in [7, 11) is -3.98. The van der Waals surface area contributed by atoms with E-state index in [9.17, 15) is 18.0 Å². The molecule has 1 aliphatic heterocycles. The number of carbonyl (C=O) groups excluding carboxylic acids is 2. The fraction of sp³-hybridized carbons (Fsp3) is 0.231. The maximum absolute atomic E-state index is 13.3. The summed E-state index contributed by atoms with van der Waals surface area (Å²) in [6, 6.07) is 22.5. The van der Waals surface area contributed by atoms with Gasteiger partial charge in [-0.1, -0.05) is 60.7 Å². The summed E-state index contributed by atoms with van der Waals surface area (Å²) in [5.74, 6) is -0.481. The molecule has 0 aliphatic carbocycles. The minimum absolute atomic E-state index is 0.0746. The Morgan fingerprint density at radius 1 is 0.941 bits per heavy atom. The number of hydrogen-bond acceptors (Lipinski definition) is 4. The van der Waals surface area contributed by atoms with E-state index in [-0.39, 0.29) is 17.2 Å². The second kappa shape index (κ2) is 10.2. The molecule has 0 bridgehead atoms. The lowest BCUT2D eigenvalue weighted by molar-refractivity contribution is -0.123. The molecule has 1 atom stereocenters. The van der Waals surface area contributed by atoms with Crippen LogP contribution in [0.5, 0.6) is 0 Å². The summed E-state index contributed by atoms with van der Waals surface area (Å²) in [4.78, 5) is 26.6. The van der Waals surface area contributed by atoms with Crippen molar-refractivity contribution in [1.29, 1.82) is 0 Å². The Balaban J connectivity index is 1.55. The third-order valence-electron chi connectivity index (χ3n) is 5.84. The Labute approximate surface area is 199 Å². The van der Waals surface area contributed by atoms with Gasteiger partial charge in [0.05, 0.1) is 4.90 Å². The van der Waals surface area contributed by atoms with Crippen molar-refractivity contribution in [3.8, 4) is 0 Å². The zero-order chi connectivity index (χ0) is 24.1. The van der Waals surface area contributed by atoms with Gasteiger partial charge in [-0.2, -0.15) is 4.72 Å². The van der Waals surface area contributed by atoms with Crippen molar-refractivity contribution in [2.45, 2.75) is 37.2 Å². The third-order valence-corrected chi connectivity index (χ3v) is 7.31. The van der Waals surface area contributed by atoms with Crippen LogP contribution >= 0.6 is 0 Å². The molecule has 4 rings (SSSR count). The second-order valence-electron chi connectivity index (χ2n) is 8.28. The van der Waals surface area contributed by atoms with Crippen LogP contribution in [0.25, 0.3) is 0 Å². The molecule has 0 saturated carbocycles. The summed E-state index contributed by atoms with van der Waals surface area (Å²) >= 11 is 0. The molecule has 2 N–H and O–H groups in total. The van der Waals surface area contributed by atoms with E-state index < -0.39 is 22.0 Å². The van der Waals surface area contributed by atoms with E-state index >= 15 is 0 Å². The van der Waals surface area contributed by atoms with Crippen molar-refractivity contribution in [3.05, 3.63) is 95.6 Å². The molecule has 2 amide bonds. The van der Waals surface area contributed by atoms with Crippen molar-refractivity contribution in [2.24, 2.45) is 0 Å². The number of benzene rings is 3. The van der Waals surface area contributed by atoms with E-state index in [0.29, 0.717) is 19.5 Å². The number of nitrogens with zero attached hydrogens (tertiary/aromatic N) is 1. The highest BCUT2D eigenvalue weighted by atomic mass is 32.2. The van der Waals surface area contributed by atoms with Gasteiger partial charge in [0.25, 0.3) is 0 Å². The van der Waals surface area contributed by atoms with E-state index in [1.807, 2.05) is 60.7 Å². The number of hydrogen-bond donors (Lipinski definition) is 2. The second-order valence-corrected chi connectivity index (χ2v) is 9.99. The van der Waals surface area contributed by atoms with Gasteiger partial charge in [-0.15, -0.1) is 0 Å². The van der Waals surface area contributed by atoms with E-state index in [4.69, 9.17) is 0 Å². The first-order valence-corrected chi connectivity index (χ1v) is 12.6. The fourth-order valence-corrected chi connectivity index (χ4v) is 5.32. The third kappa shape index (κ3) is 5.52. The number of fused-ring (bicyclic) bond motifs is 1. The van der Waals surface area contributed by atoms with Crippen molar-refractivity contribution < 1.29 is 18.0 Å². The monoisotopic (exact) mass is 477 g/mol. The van der Waals surface area contributed by atoms with Gasteiger partial charge >= 0.3 is 0 Å². The van der Waals surface area contributed by atoms with Crippen LogP contribution in [-0.4, -0.2) is 32.8 Å². The van der Waals surface area contributed by atoms with Gasteiger partial charge in [-0.05, 0) is 47.7 Å². The van der Waals surface area contributed by atoms with Crippen molar-refractivity contribution in [2.75, 3.05) is 11.4 Å².